The third-order valence-electron chi connectivity index (χ3n) is 3.72. The molecule has 1 aliphatic heterocycles. The van der Waals surface area contributed by atoms with E-state index in [1.807, 2.05) is 12.1 Å². The van der Waals surface area contributed by atoms with E-state index in [0.29, 0.717) is 29.8 Å². The summed E-state index contributed by atoms with van der Waals surface area (Å²) < 4.78 is 16.8. The summed E-state index contributed by atoms with van der Waals surface area (Å²) in [5.41, 5.74) is 0.782. The Bertz CT molecular complexity index is 638. The van der Waals surface area contributed by atoms with E-state index in [1.54, 1.807) is 14.2 Å². The third-order valence-corrected chi connectivity index (χ3v) is 4.65. The molecule has 1 aromatic heterocycles. The van der Waals surface area contributed by atoms with Crippen molar-refractivity contribution in [1.29, 1.82) is 0 Å². The van der Waals surface area contributed by atoms with Crippen LogP contribution in [0.15, 0.2) is 12.1 Å². The van der Waals surface area contributed by atoms with Crippen LogP contribution >= 0.6 is 11.3 Å². The summed E-state index contributed by atoms with van der Waals surface area (Å²) in [7, 11) is 3.18. The van der Waals surface area contributed by atoms with E-state index in [1.165, 1.54) is 11.3 Å². The van der Waals surface area contributed by atoms with Crippen LogP contribution < -0.4 is 14.8 Å². The van der Waals surface area contributed by atoms with Crippen molar-refractivity contribution < 1.29 is 19.0 Å². The zero-order chi connectivity index (χ0) is 15.5. The molecule has 1 aromatic carbocycles. The largest absolute Gasteiger partial charge is 0.493 e. The second kappa shape index (κ2) is 6.50. The Hall–Kier alpha value is -1.86. The lowest BCUT2D eigenvalue weighted by Gasteiger charge is -2.20. The number of nitrogens with zero attached hydrogens (tertiary/aromatic N) is 1. The van der Waals surface area contributed by atoms with Crippen molar-refractivity contribution in [3.63, 3.8) is 0 Å². The number of nitrogens with one attached hydrogen (secondary N) is 1. The number of benzene rings is 1. The molecular weight excluding hydrogens is 304 g/mol. The molecule has 0 radical (unpaired) electrons. The molecule has 1 saturated heterocycles. The van der Waals surface area contributed by atoms with E-state index in [-0.39, 0.29) is 11.8 Å². The zero-order valence-electron chi connectivity index (χ0n) is 12.5. The van der Waals surface area contributed by atoms with Crippen LogP contribution in [0.5, 0.6) is 11.5 Å². The zero-order valence-corrected chi connectivity index (χ0v) is 13.4. The number of hydrogen-bond acceptors (Lipinski definition) is 6. The van der Waals surface area contributed by atoms with Crippen molar-refractivity contribution in [2.24, 2.45) is 5.92 Å². The number of amides is 1. The molecule has 2 heterocycles. The number of methoxy groups -OCH3 is 2. The highest BCUT2D eigenvalue weighted by Crippen LogP contribution is 2.36. The van der Waals surface area contributed by atoms with Gasteiger partial charge in [-0.2, -0.15) is 0 Å². The van der Waals surface area contributed by atoms with Gasteiger partial charge in [0.1, 0.15) is 0 Å². The smallest absolute Gasteiger partial charge is 0.229 e. The molecule has 22 heavy (non-hydrogen) atoms. The summed E-state index contributed by atoms with van der Waals surface area (Å²) >= 11 is 1.43. The van der Waals surface area contributed by atoms with Crippen molar-refractivity contribution in [2.75, 3.05) is 32.8 Å². The molecule has 2 aromatic rings. The fourth-order valence-corrected chi connectivity index (χ4v) is 3.35. The van der Waals surface area contributed by atoms with Gasteiger partial charge < -0.3 is 19.5 Å². The number of rotatable bonds is 4. The minimum absolute atomic E-state index is 0.00448. The molecule has 3 rings (SSSR count). The summed E-state index contributed by atoms with van der Waals surface area (Å²) in [5.74, 6) is 1.30. The Morgan fingerprint density at radius 1 is 1.27 bits per heavy atom. The van der Waals surface area contributed by atoms with Crippen LogP contribution in [-0.4, -0.2) is 38.3 Å². The maximum atomic E-state index is 12.2. The van der Waals surface area contributed by atoms with Gasteiger partial charge in [-0.15, -0.1) is 0 Å². The lowest BCUT2D eigenvalue weighted by molar-refractivity contribution is -0.122. The Morgan fingerprint density at radius 3 is 2.64 bits per heavy atom. The Morgan fingerprint density at radius 2 is 1.95 bits per heavy atom. The first-order valence-electron chi connectivity index (χ1n) is 7.12. The van der Waals surface area contributed by atoms with Crippen LogP contribution in [0.1, 0.15) is 12.8 Å². The van der Waals surface area contributed by atoms with E-state index in [0.717, 1.165) is 23.1 Å². The fraction of sp³-hybridized carbons (Fsp3) is 0.467. The molecule has 1 amide bonds. The monoisotopic (exact) mass is 322 g/mol. The highest BCUT2D eigenvalue weighted by Gasteiger charge is 2.22. The van der Waals surface area contributed by atoms with Gasteiger partial charge in [0, 0.05) is 31.3 Å². The van der Waals surface area contributed by atoms with Crippen molar-refractivity contribution in [2.45, 2.75) is 12.8 Å². The van der Waals surface area contributed by atoms with E-state index >= 15 is 0 Å². The number of anilines is 1. The molecular formula is C15H18N2O4S. The standard InChI is InChI=1S/C15H18N2O4S/c1-19-11-7-10-13(8-12(11)20-2)22-15(16-10)17-14(18)9-3-5-21-6-4-9/h7-9H,3-6H2,1-2H3,(H,16,17,18). The third kappa shape index (κ3) is 3.00. The van der Waals surface area contributed by atoms with Crippen molar-refractivity contribution in [1.82, 2.24) is 4.98 Å². The van der Waals surface area contributed by atoms with Crippen LogP contribution in [0.3, 0.4) is 0 Å². The molecule has 0 bridgehead atoms. The summed E-state index contributed by atoms with van der Waals surface area (Å²) in [6.45, 7) is 1.29. The Balaban J connectivity index is 1.80. The molecule has 1 fully saturated rings. The van der Waals surface area contributed by atoms with Crippen LogP contribution in [0.2, 0.25) is 0 Å². The molecule has 1 aliphatic rings. The van der Waals surface area contributed by atoms with Gasteiger partial charge in [0.15, 0.2) is 16.6 Å². The number of aromatic nitrogens is 1. The predicted molar refractivity (Wildman–Crippen MR) is 84.9 cm³/mol. The lowest BCUT2D eigenvalue weighted by atomic mass is 10.00. The summed E-state index contributed by atoms with van der Waals surface area (Å²) in [6, 6.07) is 3.69. The average molecular weight is 322 g/mol. The van der Waals surface area contributed by atoms with Gasteiger partial charge in [0.25, 0.3) is 0 Å². The molecule has 0 aliphatic carbocycles. The van der Waals surface area contributed by atoms with E-state index in [9.17, 15) is 4.79 Å². The van der Waals surface area contributed by atoms with E-state index in [4.69, 9.17) is 14.2 Å². The number of ether oxygens (including phenoxy) is 3. The van der Waals surface area contributed by atoms with Crippen LogP contribution in [0.25, 0.3) is 10.2 Å². The molecule has 0 spiro atoms. The molecule has 0 unspecified atom stereocenters. The number of carbonyl (C=O) groups excluding carboxylic acids is 1. The summed E-state index contributed by atoms with van der Waals surface area (Å²) in [6.07, 6.45) is 1.52. The Kier molecular flexibility index (Phi) is 4.44. The first-order valence-corrected chi connectivity index (χ1v) is 7.94. The van der Waals surface area contributed by atoms with E-state index < -0.39 is 0 Å². The van der Waals surface area contributed by atoms with Gasteiger partial charge in [-0.3, -0.25) is 4.79 Å². The highest BCUT2D eigenvalue weighted by atomic mass is 32.1. The number of carbonyl (C=O) groups is 1. The topological polar surface area (TPSA) is 69.7 Å². The van der Waals surface area contributed by atoms with Gasteiger partial charge in [-0.1, -0.05) is 11.3 Å². The van der Waals surface area contributed by atoms with Crippen LogP contribution in [0.4, 0.5) is 5.13 Å². The highest BCUT2D eigenvalue weighted by molar-refractivity contribution is 7.22. The molecule has 0 saturated carbocycles. The summed E-state index contributed by atoms with van der Waals surface area (Å²) in [4.78, 5) is 16.7. The second-order valence-electron chi connectivity index (χ2n) is 5.07. The second-order valence-corrected chi connectivity index (χ2v) is 6.10. The number of hydrogen-bond donors (Lipinski definition) is 1. The van der Waals surface area contributed by atoms with E-state index in [2.05, 4.69) is 10.3 Å². The average Bonchev–Trinajstić information content (AvgIpc) is 2.95. The normalized spacial score (nSPS) is 15.7. The predicted octanol–water partition coefficient (Wildman–Crippen LogP) is 2.68. The minimum Gasteiger partial charge on any atom is -0.493 e. The SMILES string of the molecule is COc1cc2nc(NC(=O)C3CCOCC3)sc2cc1OC. The summed E-state index contributed by atoms with van der Waals surface area (Å²) in [5, 5.41) is 3.51. The Labute approximate surface area is 132 Å². The maximum absolute atomic E-state index is 12.2. The first kappa shape index (κ1) is 15.1. The number of fused-ring (bicyclic) bond motifs is 1. The fourth-order valence-electron chi connectivity index (χ4n) is 2.48. The number of thiazole rings is 1. The van der Waals surface area contributed by atoms with Crippen molar-refractivity contribution >= 4 is 32.6 Å². The first-order chi connectivity index (χ1) is 10.7. The lowest BCUT2D eigenvalue weighted by Crippen LogP contribution is -2.28. The van der Waals surface area contributed by atoms with Crippen molar-refractivity contribution in [3.8, 4) is 11.5 Å². The van der Waals surface area contributed by atoms with Gasteiger partial charge in [-0.05, 0) is 12.8 Å². The van der Waals surface area contributed by atoms with Gasteiger partial charge in [0.05, 0.1) is 24.4 Å². The van der Waals surface area contributed by atoms with Gasteiger partial charge in [-0.25, -0.2) is 4.98 Å². The van der Waals surface area contributed by atoms with Crippen molar-refractivity contribution in [3.05, 3.63) is 12.1 Å². The maximum Gasteiger partial charge on any atom is 0.229 e. The van der Waals surface area contributed by atoms with Crippen LogP contribution in [0, 0.1) is 5.92 Å². The molecule has 118 valence electrons. The van der Waals surface area contributed by atoms with Gasteiger partial charge in [0.2, 0.25) is 5.91 Å². The molecule has 0 atom stereocenters. The molecule has 7 heteroatoms. The van der Waals surface area contributed by atoms with Crippen LogP contribution in [-0.2, 0) is 9.53 Å². The van der Waals surface area contributed by atoms with Gasteiger partial charge >= 0.3 is 0 Å². The quantitative estimate of drug-likeness (QED) is 0.937. The molecule has 1 N–H and O–H groups in total. The minimum atomic E-state index is 0.00448. The molecule has 6 nitrogen and oxygen atoms in total.